The van der Waals surface area contributed by atoms with E-state index < -0.39 is 14.5 Å². The second kappa shape index (κ2) is 13.1. The predicted octanol–water partition coefficient (Wildman–Crippen LogP) is 7.32. The first-order valence-electron chi connectivity index (χ1n) is 13.9. The molecule has 0 atom stereocenters. The van der Waals surface area contributed by atoms with Gasteiger partial charge in [-0.15, -0.1) is 0 Å². The minimum absolute atomic E-state index is 0. The molecule has 0 aromatic heterocycles. The van der Waals surface area contributed by atoms with E-state index in [0.717, 1.165) is 0 Å². The van der Waals surface area contributed by atoms with E-state index in [1.807, 2.05) is 0 Å². The Morgan fingerprint density at radius 2 is 0.439 bits per heavy atom. The fourth-order valence-electron chi connectivity index (χ4n) is 6.43. The third-order valence-electron chi connectivity index (χ3n) is 8.10. The molecular formula is C38H34NiP2+2. The van der Waals surface area contributed by atoms with Crippen molar-refractivity contribution in [1.29, 1.82) is 0 Å². The van der Waals surface area contributed by atoms with Gasteiger partial charge in [-0.2, -0.15) is 0 Å². The largest absolute Gasteiger partial charge is 0.194 e. The molecule has 0 bridgehead atoms. The Balaban J connectivity index is 0.00000337. The molecule has 0 N–H and O–H groups in total. The van der Waals surface area contributed by atoms with Crippen molar-refractivity contribution in [2.24, 2.45) is 0 Å². The van der Waals surface area contributed by atoms with Gasteiger partial charge in [0.25, 0.3) is 0 Å². The molecule has 0 saturated carbocycles. The molecule has 6 rings (SSSR count). The average Bonchev–Trinajstić information content (AvgIpc) is 3.05. The standard InChI is InChI=1S/C38H34P2.Ni/c1-32(39(33-20-8-2-9-21-33,34-22-10-3-11-23-34)35-24-12-4-13-25-35)40(36-26-14-5-15-27-36,37-28-16-6-17-29-37)38-30-18-7-19-31-38;/h2-32H,1H3;/q+2;. The van der Waals surface area contributed by atoms with Crippen LogP contribution in [0.3, 0.4) is 0 Å². The van der Waals surface area contributed by atoms with E-state index in [1.165, 1.54) is 31.8 Å². The monoisotopic (exact) mass is 610 g/mol. The molecule has 0 radical (unpaired) electrons. The molecule has 0 unspecified atom stereocenters. The average molecular weight is 611 g/mol. The van der Waals surface area contributed by atoms with E-state index in [1.54, 1.807) is 0 Å². The molecule has 41 heavy (non-hydrogen) atoms. The van der Waals surface area contributed by atoms with Gasteiger partial charge in [0.05, 0.1) is 0 Å². The summed E-state index contributed by atoms with van der Waals surface area (Å²) in [5.41, 5.74) is 0. The van der Waals surface area contributed by atoms with Crippen LogP contribution >= 0.6 is 14.5 Å². The summed E-state index contributed by atoms with van der Waals surface area (Å²) in [5.74, 6) is 0. The van der Waals surface area contributed by atoms with Gasteiger partial charge < -0.3 is 0 Å². The molecule has 6 aromatic carbocycles. The van der Waals surface area contributed by atoms with Gasteiger partial charge in [-0.3, -0.25) is 0 Å². The van der Waals surface area contributed by atoms with Crippen molar-refractivity contribution in [1.82, 2.24) is 0 Å². The minimum atomic E-state index is -2.21. The minimum Gasteiger partial charge on any atom is -0.0620 e. The molecule has 3 heteroatoms. The van der Waals surface area contributed by atoms with Crippen LogP contribution in [0.4, 0.5) is 0 Å². The Hall–Kier alpha value is -3.33. The molecule has 0 heterocycles. The Morgan fingerprint density at radius 3 is 0.585 bits per heavy atom. The molecule has 0 amide bonds. The zero-order valence-electron chi connectivity index (χ0n) is 23.1. The summed E-state index contributed by atoms with van der Waals surface area (Å²) in [4.78, 5) is 0. The summed E-state index contributed by atoms with van der Waals surface area (Å²) < 4.78 is 0. The smallest absolute Gasteiger partial charge is 0.0620 e. The van der Waals surface area contributed by atoms with Gasteiger partial charge in [-0.25, -0.2) is 0 Å². The molecule has 0 nitrogen and oxygen atoms in total. The van der Waals surface area contributed by atoms with E-state index in [0.29, 0.717) is 0 Å². The normalized spacial score (nSPS) is 11.6. The number of hydrogen-bond donors (Lipinski definition) is 0. The zero-order valence-corrected chi connectivity index (χ0v) is 25.9. The second-order valence-electron chi connectivity index (χ2n) is 10.1. The number of rotatable bonds is 8. The van der Waals surface area contributed by atoms with E-state index in [-0.39, 0.29) is 21.9 Å². The molecular weight excluding hydrogens is 577 g/mol. The first-order valence-corrected chi connectivity index (χ1v) is 17.6. The van der Waals surface area contributed by atoms with Crippen LogP contribution in [0.5, 0.6) is 0 Å². The van der Waals surface area contributed by atoms with Gasteiger partial charge in [0.1, 0.15) is 31.8 Å². The van der Waals surface area contributed by atoms with E-state index in [4.69, 9.17) is 0 Å². The van der Waals surface area contributed by atoms with Gasteiger partial charge in [0.2, 0.25) is 0 Å². The van der Waals surface area contributed by atoms with Crippen LogP contribution in [-0.4, -0.2) is 5.40 Å². The molecule has 0 fully saturated rings. The van der Waals surface area contributed by atoms with Gasteiger partial charge in [-0.1, -0.05) is 109 Å². The van der Waals surface area contributed by atoms with Crippen LogP contribution in [0.15, 0.2) is 182 Å². The molecule has 204 valence electrons. The molecule has 6 aromatic rings. The molecule has 0 aliphatic rings. The van der Waals surface area contributed by atoms with Crippen molar-refractivity contribution < 1.29 is 16.5 Å². The van der Waals surface area contributed by atoms with E-state index in [2.05, 4.69) is 189 Å². The van der Waals surface area contributed by atoms with Crippen molar-refractivity contribution in [2.75, 3.05) is 0 Å². The van der Waals surface area contributed by atoms with Crippen molar-refractivity contribution in [3.05, 3.63) is 182 Å². The Morgan fingerprint density at radius 1 is 0.293 bits per heavy atom. The van der Waals surface area contributed by atoms with Crippen molar-refractivity contribution >= 4 is 46.4 Å². The van der Waals surface area contributed by atoms with E-state index >= 15 is 0 Å². The third-order valence-corrected chi connectivity index (χ3v) is 19.1. The fourth-order valence-corrected chi connectivity index (χ4v) is 19.1. The van der Waals surface area contributed by atoms with Gasteiger partial charge in [0, 0.05) is 23.4 Å². The second-order valence-corrected chi connectivity index (χ2v) is 18.0. The maximum atomic E-state index is 2.56. The van der Waals surface area contributed by atoms with Crippen LogP contribution in [0, 0.1) is 0 Å². The first kappa shape index (κ1) is 29.2. The summed E-state index contributed by atoms with van der Waals surface area (Å²) in [5, 5.41) is 8.82. The van der Waals surface area contributed by atoms with Crippen molar-refractivity contribution in [2.45, 2.75) is 12.3 Å². The molecule has 0 spiro atoms. The number of benzene rings is 6. The maximum Gasteiger partial charge on any atom is 0.194 e. The fraction of sp³-hybridized carbons (Fsp3) is 0.0526. The Bertz CT molecular complexity index is 1310. The summed E-state index contributed by atoms with van der Waals surface area (Å²) in [6.45, 7) is 2.56. The maximum absolute atomic E-state index is 2.56. The van der Waals surface area contributed by atoms with Gasteiger partial charge >= 0.3 is 0 Å². The quantitative estimate of drug-likeness (QED) is 0.125. The van der Waals surface area contributed by atoms with Gasteiger partial charge in [0.15, 0.2) is 19.9 Å². The van der Waals surface area contributed by atoms with Crippen LogP contribution in [0.2, 0.25) is 0 Å². The predicted molar refractivity (Wildman–Crippen MR) is 180 cm³/mol. The first-order chi connectivity index (χ1) is 19.8. The molecule has 0 aliphatic heterocycles. The van der Waals surface area contributed by atoms with Crippen molar-refractivity contribution in [3.63, 3.8) is 0 Å². The van der Waals surface area contributed by atoms with Crippen LogP contribution in [-0.2, 0) is 16.5 Å². The van der Waals surface area contributed by atoms with E-state index in [9.17, 15) is 0 Å². The summed E-state index contributed by atoms with van der Waals surface area (Å²) in [6, 6.07) is 68.0. The van der Waals surface area contributed by atoms with Crippen molar-refractivity contribution in [3.8, 4) is 0 Å². The van der Waals surface area contributed by atoms with Gasteiger partial charge in [-0.05, 0) is 72.8 Å². The molecule has 0 saturated heterocycles. The topological polar surface area (TPSA) is 0 Å². The summed E-state index contributed by atoms with van der Waals surface area (Å²) in [6.07, 6.45) is 0. The number of hydrogen-bond acceptors (Lipinski definition) is 0. The Labute approximate surface area is 256 Å². The third kappa shape index (κ3) is 5.13. The summed E-state index contributed by atoms with van der Waals surface area (Å²) in [7, 11) is -4.43. The Kier molecular flexibility index (Phi) is 9.33. The van der Waals surface area contributed by atoms with Crippen LogP contribution in [0.1, 0.15) is 6.92 Å². The molecule has 0 aliphatic carbocycles. The van der Waals surface area contributed by atoms with Crippen LogP contribution < -0.4 is 31.8 Å². The zero-order chi connectivity index (χ0) is 27.3. The van der Waals surface area contributed by atoms with Crippen LogP contribution in [0.25, 0.3) is 0 Å². The SMILES string of the molecule is CC([P+](c1ccccc1)(c1ccccc1)c1ccccc1)[P+](c1ccccc1)(c1ccccc1)c1ccccc1.[Ni]. The summed E-state index contributed by atoms with van der Waals surface area (Å²) >= 11 is 0.